The Bertz CT molecular complexity index is 330. The van der Waals surface area contributed by atoms with E-state index in [0.717, 1.165) is 45.0 Å². The number of benzene rings is 1. The smallest absolute Gasteiger partial charge is 0.0314 e. The van der Waals surface area contributed by atoms with Crippen molar-refractivity contribution in [1.82, 2.24) is 9.80 Å². The molecule has 0 heterocycles. The minimum absolute atomic E-state index is 0.842. The van der Waals surface area contributed by atoms with Crippen LogP contribution in [-0.2, 0) is 6.54 Å². The average Bonchev–Trinajstić information content (AvgIpc) is 2.42. The first kappa shape index (κ1) is 16.0. The van der Waals surface area contributed by atoms with E-state index in [-0.39, 0.29) is 0 Å². The second kappa shape index (κ2) is 8.94. The predicted molar refractivity (Wildman–Crippen MR) is 84.2 cm³/mol. The summed E-state index contributed by atoms with van der Waals surface area (Å²) in [6, 6.07) is 8.25. The van der Waals surface area contributed by atoms with Crippen molar-refractivity contribution >= 4 is 5.69 Å². The highest BCUT2D eigenvalue weighted by molar-refractivity contribution is 5.39. The van der Waals surface area contributed by atoms with Gasteiger partial charge in [-0.1, -0.05) is 32.9 Å². The topological polar surface area (TPSA) is 32.5 Å². The van der Waals surface area contributed by atoms with Crippen LogP contribution in [0.4, 0.5) is 5.69 Å². The molecule has 0 fully saturated rings. The molecule has 0 aliphatic heterocycles. The van der Waals surface area contributed by atoms with Gasteiger partial charge in [-0.2, -0.15) is 0 Å². The molecule has 0 bridgehead atoms. The molecule has 1 rings (SSSR count). The van der Waals surface area contributed by atoms with Crippen LogP contribution >= 0.6 is 0 Å². The van der Waals surface area contributed by atoms with E-state index < -0.39 is 0 Å². The Morgan fingerprint density at radius 2 is 1.42 bits per heavy atom. The Morgan fingerprint density at radius 1 is 0.842 bits per heavy atom. The fourth-order valence-electron chi connectivity index (χ4n) is 2.29. The number of nitrogens with zero attached hydrogens (tertiary/aromatic N) is 2. The quantitative estimate of drug-likeness (QED) is 0.695. The first-order valence-corrected chi connectivity index (χ1v) is 7.48. The zero-order valence-electron chi connectivity index (χ0n) is 12.7. The zero-order chi connectivity index (χ0) is 14.1. The Balaban J connectivity index is 2.49. The van der Waals surface area contributed by atoms with Gasteiger partial charge < -0.3 is 10.6 Å². The molecule has 0 atom stereocenters. The molecule has 0 aromatic heterocycles. The van der Waals surface area contributed by atoms with Gasteiger partial charge in [0.1, 0.15) is 0 Å². The molecule has 0 radical (unpaired) electrons. The van der Waals surface area contributed by atoms with Crippen LogP contribution in [0.5, 0.6) is 0 Å². The van der Waals surface area contributed by atoms with E-state index in [4.69, 9.17) is 5.73 Å². The van der Waals surface area contributed by atoms with Gasteiger partial charge in [-0.3, -0.25) is 4.90 Å². The lowest BCUT2D eigenvalue weighted by Crippen LogP contribution is -2.35. The van der Waals surface area contributed by atoms with Crippen LogP contribution in [0.1, 0.15) is 32.8 Å². The van der Waals surface area contributed by atoms with Crippen molar-refractivity contribution in [2.45, 2.75) is 33.7 Å². The standard InChI is InChI=1S/C16H29N3/c1-4-11-19(13-12-18(5-2)6-3)14-15-7-9-16(17)10-8-15/h7-10H,4-6,11-14,17H2,1-3H3. The molecule has 0 spiro atoms. The molecule has 0 saturated carbocycles. The summed E-state index contributed by atoms with van der Waals surface area (Å²) in [5, 5.41) is 0. The number of hydrogen-bond donors (Lipinski definition) is 1. The Morgan fingerprint density at radius 3 is 1.95 bits per heavy atom. The minimum atomic E-state index is 0.842. The second-order valence-electron chi connectivity index (χ2n) is 5.04. The van der Waals surface area contributed by atoms with Crippen LogP contribution in [0.25, 0.3) is 0 Å². The van der Waals surface area contributed by atoms with Crippen LogP contribution < -0.4 is 5.73 Å². The number of anilines is 1. The highest BCUT2D eigenvalue weighted by atomic mass is 15.2. The number of nitrogen functional groups attached to an aromatic ring is 1. The molecule has 0 saturated heterocycles. The molecule has 0 aliphatic carbocycles. The van der Waals surface area contributed by atoms with Crippen LogP contribution in [0, 0.1) is 0 Å². The molecule has 1 aromatic carbocycles. The predicted octanol–water partition coefficient (Wildman–Crippen LogP) is 2.82. The van der Waals surface area contributed by atoms with Gasteiger partial charge in [-0.25, -0.2) is 0 Å². The van der Waals surface area contributed by atoms with Crippen LogP contribution in [0.15, 0.2) is 24.3 Å². The van der Waals surface area contributed by atoms with Crippen molar-refractivity contribution in [1.29, 1.82) is 0 Å². The van der Waals surface area contributed by atoms with E-state index in [1.807, 2.05) is 12.1 Å². The van der Waals surface area contributed by atoms with Crippen LogP contribution in [0.2, 0.25) is 0 Å². The highest BCUT2D eigenvalue weighted by Crippen LogP contribution is 2.09. The van der Waals surface area contributed by atoms with E-state index in [1.165, 1.54) is 12.0 Å². The summed E-state index contributed by atoms with van der Waals surface area (Å²) in [6.45, 7) is 13.5. The minimum Gasteiger partial charge on any atom is -0.399 e. The summed E-state index contributed by atoms with van der Waals surface area (Å²) >= 11 is 0. The van der Waals surface area contributed by atoms with Crippen molar-refractivity contribution in [3.8, 4) is 0 Å². The largest absolute Gasteiger partial charge is 0.399 e. The van der Waals surface area contributed by atoms with Gasteiger partial charge >= 0.3 is 0 Å². The van der Waals surface area contributed by atoms with E-state index in [0.29, 0.717) is 0 Å². The molecule has 3 heteroatoms. The van der Waals surface area contributed by atoms with Crippen LogP contribution in [-0.4, -0.2) is 42.5 Å². The van der Waals surface area contributed by atoms with Crippen LogP contribution in [0.3, 0.4) is 0 Å². The Kier molecular flexibility index (Phi) is 7.53. The van der Waals surface area contributed by atoms with Gasteiger partial charge in [-0.05, 0) is 43.8 Å². The van der Waals surface area contributed by atoms with E-state index >= 15 is 0 Å². The molecule has 0 aliphatic rings. The maximum atomic E-state index is 5.73. The van der Waals surface area contributed by atoms with E-state index in [2.05, 4.69) is 42.7 Å². The summed E-state index contributed by atoms with van der Waals surface area (Å²) in [4.78, 5) is 5.01. The number of hydrogen-bond acceptors (Lipinski definition) is 3. The third-order valence-corrected chi connectivity index (χ3v) is 3.55. The van der Waals surface area contributed by atoms with Crippen molar-refractivity contribution in [3.05, 3.63) is 29.8 Å². The molecule has 2 N–H and O–H groups in total. The molecule has 0 amide bonds. The van der Waals surface area contributed by atoms with E-state index in [9.17, 15) is 0 Å². The van der Waals surface area contributed by atoms with Gasteiger partial charge in [0.2, 0.25) is 0 Å². The molecule has 108 valence electrons. The first-order valence-electron chi connectivity index (χ1n) is 7.48. The summed E-state index contributed by atoms with van der Waals surface area (Å²) in [7, 11) is 0. The molecule has 0 unspecified atom stereocenters. The molecular weight excluding hydrogens is 234 g/mol. The SMILES string of the molecule is CCCN(CCN(CC)CC)Cc1ccc(N)cc1. The van der Waals surface area contributed by atoms with E-state index in [1.54, 1.807) is 0 Å². The van der Waals surface area contributed by atoms with Gasteiger partial charge in [-0.15, -0.1) is 0 Å². The normalized spacial score (nSPS) is 11.4. The number of nitrogens with two attached hydrogens (primary N) is 1. The van der Waals surface area contributed by atoms with Crippen molar-refractivity contribution in [3.63, 3.8) is 0 Å². The highest BCUT2D eigenvalue weighted by Gasteiger charge is 2.07. The maximum absolute atomic E-state index is 5.73. The molecule has 1 aromatic rings. The van der Waals surface area contributed by atoms with Gasteiger partial charge in [0.05, 0.1) is 0 Å². The molecule has 3 nitrogen and oxygen atoms in total. The van der Waals surface area contributed by atoms with Gasteiger partial charge in [0, 0.05) is 25.3 Å². The lowest BCUT2D eigenvalue weighted by atomic mass is 10.2. The average molecular weight is 263 g/mol. The summed E-state index contributed by atoms with van der Waals surface area (Å²) in [5.41, 5.74) is 7.92. The molecule has 19 heavy (non-hydrogen) atoms. The fraction of sp³-hybridized carbons (Fsp3) is 0.625. The fourth-order valence-corrected chi connectivity index (χ4v) is 2.29. The lowest BCUT2D eigenvalue weighted by Gasteiger charge is -2.26. The van der Waals surface area contributed by atoms with Gasteiger partial charge in [0.15, 0.2) is 0 Å². The second-order valence-corrected chi connectivity index (χ2v) is 5.04. The summed E-state index contributed by atoms with van der Waals surface area (Å²) in [5.74, 6) is 0. The summed E-state index contributed by atoms with van der Waals surface area (Å²) < 4.78 is 0. The Hall–Kier alpha value is -1.06. The molecular formula is C16H29N3. The maximum Gasteiger partial charge on any atom is 0.0314 e. The zero-order valence-corrected chi connectivity index (χ0v) is 12.7. The number of likely N-dealkylation sites (N-methyl/N-ethyl adjacent to an activating group) is 1. The van der Waals surface area contributed by atoms with Crippen molar-refractivity contribution < 1.29 is 0 Å². The lowest BCUT2D eigenvalue weighted by molar-refractivity contribution is 0.208. The number of rotatable bonds is 9. The third kappa shape index (κ3) is 6.08. The first-order chi connectivity index (χ1) is 9.19. The summed E-state index contributed by atoms with van der Waals surface area (Å²) in [6.07, 6.45) is 1.20. The van der Waals surface area contributed by atoms with Crippen molar-refractivity contribution in [2.75, 3.05) is 38.5 Å². The Labute approximate surface area is 118 Å². The van der Waals surface area contributed by atoms with Gasteiger partial charge in [0.25, 0.3) is 0 Å². The third-order valence-electron chi connectivity index (χ3n) is 3.55. The van der Waals surface area contributed by atoms with Crippen molar-refractivity contribution in [2.24, 2.45) is 0 Å². The monoisotopic (exact) mass is 263 g/mol.